The Bertz CT molecular complexity index is 328. The summed E-state index contributed by atoms with van der Waals surface area (Å²) in [6, 6.07) is 0.324. The van der Waals surface area contributed by atoms with Crippen molar-refractivity contribution in [1.82, 2.24) is 15.5 Å². The molecule has 130 valence electrons. The number of hydrogen-bond donors (Lipinski definition) is 2. The first-order valence-corrected chi connectivity index (χ1v) is 8.69. The van der Waals surface area contributed by atoms with Crippen molar-refractivity contribution >= 4 is 6.09 Å². The second-order valence-corrected chi connectivity index (χ2v) is 7.55. The predicted octanol–water partition coefficient (Wildman–Crippen LogP) is 2.61. The van der Waals surface area contributed by atoms with Gasteiger partial charge in [-0.05, 0) is 66.1 Å². The van der Waals surface area contributed by atoms with E-state index in [1.165, 1.54) is 25.9 Å². The molecule has 1 fully saturated rings. The molecule has 0 spiro atoms. The molecule has 1 aliphatic rings. The zero-order valence-corrected chi connectivity index (χ0v) is 15.1. The third-order valence-corrected chi connectivity index (χ3v) is 3.95. The highest BCUT2D eigenvalue weighted by Gasteiger charge is 2.20. The van der Waals surface area contributed by atoms with Crippen molar-refractivity contribution in [1.29, 1.82) is 0 Å². The number of carbonyl (C=O) groups excluding carboxylic acids is 1. The maximum atomic E-state index is 11.7. The van der Waals surface area contributed by atoms with Gasteiger partial charge in [-0.25, -0.2) is 4.79 Å². The van der Waals surface area contributed by atoms with Crippen molar-refractivity contribution in [2.45, 2.75) is 65.0 Å². The fourth-order valence-corrected chi connectivity index (χ4v) is 2.92. The molecule has 2 atom stereocenters. The molecule has 0 aromatic rings. The van der Waals surface area contributed by atoms with E-state index in [0.29, 0.717) is 12.6 Å². The van der Waals surface area contributed by atoms with Crippen molar-refractivity contribution in [2.75, 3.05) is 33.2 Å². The number of piperidine rings is 1. The lowest BCUT2D eigenvalue weighted by Gasteiger charge is -2.31. The summed E-state index contributed by atoms with van der Waals surface area (Å²) in [5, 5.41) is 6.52. The first-order chi connectivity index (χ1) is 10.3. The molecule has 0 aromatic heterocycles. The van der Waals surface area contributed by atoms with Crippen LogP contribution in [0, 0.1) is 5.92 Å². The van der Waals surface area contributed by atoms with Crippen LogP contribution in [0.4, 0.5) is 4.79 Å². The average Bonchev–Trinajstić information content (AvgIpc) is 2.40. The second kappa shape index (κ2) is 9.36. The lowest BCUT2D eigenvalue weighted by Crippen LogP contribution is -2.46. The molecule has 22 heavy (non-hydrogen) atoms. The number of carbonyl (C=O) groups is 1. The van der Waals surface area contributed by atoms with E-state index in [9.17, 15) is 4.79 Å². The number of alkyl carbamates (subject to hydrolysis) is 1. The normalized spacial score (nSPS) is 21.4. The summed E-state index contributed by atoms with van der Waals surface area (Å²) in [4.78, 5) is 14.2. The molecule has 0 bridgehead atoms. The standard InChI is InChI=1S/C17H35N3O2/c1-6-8-15(12-19-16(21)22-17(2,3)4)18-11-14-9-7-10-20(5)13-14/h14-15,18H,6-13H2,1-5H3,(H,19,21). The SMILES string of the molecule is CCCC(CNC(=O)OC(C)(C)C)NCC1CCCN(C)C1. The van der Waals surface area contributed by atoms with Crippen LogP contribution in [0.15, 0.2) is 0 Å². The number of nitrogens with zero attached hydrogens (tertiary/aromatic N) is 1. The minimum atomic E-state index is -0.440. The molecule has 1 aliphatic heterocycles. The van der Waals surface area contributed by atoms with Gasteiger partial charge < -0.3 is 20.3 Å². The fraction of sp³-hybridized carbons (Fsp3) is 0.941. The Balaban J connectivity index is 2.30. The Morgan fingerprint density at radius 1 is 1.41 bits per heavy atom. The van der Waals surface area contributed by atoms with Gasteiger partial charge in [0.2, 0.25) is 0 Å². The second-order valence-electron chi connectivity index (χ2n) is 7.55. The maximum absolute atomic E-state index is 11.7. The van der Waals surface area contributed by atoms with Crippen LogP contribution < -0.4 is 10.6 Å². The quantitative estimate of drug-likeness (QED) is 0.758. The molecule has 0 aliphatic carbocycles. The van der Waals surface area contributed by atoms with E-state index in [4.69, 9.17) is 4.74 Å². The zero-order valence-electron chi connectivity index (χ0n) is 15.1. The smallest absolute Gasteiger partial charge is 0.407 e. The van der Waals surface area contributed by atoms with Crippen molar-refractivity contribution in [3.05, 3.63) is 0 Å². The van der Waals surface area contributed by atoms with Crippen molar-refractivity contribution < 1.29 is 9.53 Å². The molecule has 0 radical (unpaired) electrons. The molecular weight excluding hydrogens is 278 g/mol. The highest BCUT2D eigenvalue weighted by atomic mass is 16.6. The van der Waals surface area contributed by atoms with Gasteiger partial charge in [-0.15, -0.1) is 0 Å². The van der Waals surface area contributed by atoms with E-state index in [1.807, 2.05) is 20.8 Å². The predicted molar refractivity (Wildman–Crippen MR) is 91.2 cm³/mol. The molecular formula is C17H35N3O2. The molecule has 1 amide bonds. The minimum absolute atomic E-state index is 0.324. The van der Waals surface area contributed by atoms with Gasteiger partial charge in [0.25, 0.3) is 0 Å². The number of ether oxygens (including phenoxy) is 1. The van der Waals surface area contributed by atoms with E-state index < -0.39 is 5.60 Å². The lowest BCUT2D eigenvalue weighted by molar-refractivity contribution is 0.0521. The van der Waals surface area contributed by atoms with Gasteiger partial charge in [0.15, 0.2) is 0 Å². The largest absolute Gasteiger partial charge is 0.444 e. The summed E-state index contributed by atoms with van der Waals surface area (Å²) >= 11 is 0. The molecule has 2 unspecified atom stereocenters. The third kappa shape index (κ3) is 8.59. The molecule has 5 nitrogen and oxygen atoms in total. The fourth-order valence-electron chi connectivity index (χ4n) is 2.92. The van der Waals surface area contributed by atoms with Gasteiger partial charge in [0.05, 0.1) is 0 Å². The average molecular weight is 313 g/mol. The highest BCUT2D eigenvalue weighted by Crippen LogP contribution is 2.14. The maximum Gasteiger partial charge on any atom is 0.407 e. The molecule has 1 rings (SSSR count). The Morgan fingerprint density at radius 3 is 2.73 bits per heavy atom. The summed E-state index contributed by atoms with van der Waals surface area (Å²) in [6.07, 6.45) is 4.44. The number of rotatable bonds is 7. The van der Waals surface area contributed by atoms with Gasteiger partial charge in [-0.1, -0.05) is 13.3 Å². The number of amides is 1. The number of likely N-dealkylation sites (tertiary alicyclic amines) is 1. The molecule has 0 aromatic carbocycles. The van der Waals surface area contributed by atoms with Crippen LogP contribution in [0.3, 0.4) is 0 Å². The van der Waals surface area contributed by atoms with Crippen molar-refractivity contribution in [3.63, 3.8) is 0 Å². The minimum Gasteiger partial charge on any atom is -0.444 e. The van der Waals surface area contributed by atoms with Crippen LogP contribution in [-0.2, 0) is 4.74 Å². The van der Waals surface area contributed by atoms with Gasteiger partial charge >= 0.3 is 6.09 Å². The van der Waals surface area contributed by atoms with Crippen molar-refractivity contribution in [3.8, 4) is 0 Å². The monoisotopic (exact) mass is 313 g/mol. The summed E-state index contributed by atoms with van der Waals surface area (Å²) in [6.45, 7) is 11.9. The van der Waals surface area contributed by atoms with E-state index in [2.05, 4.69) is 29.5 Å². The Labute approximate surface area is 136 Å². The summed E-state index contributed by atoms with van der Waals surface area (Å²) in [7, 11) is 2.19. The zero-order chi connectivity index (χ0) is 16.6. The van der Waals surface area contributed by atoms with Crippen LogP contribution in [0.25, 0.3) is 0 Å². The lowest BCUT2D eigenvalue weighted by atomic mass is 9.98. The van der Waals surface area contributed by atoms with Crippen LogP contribution in [-0.4, -0.2) is 55.9 Å². The molecule has 1 heterocycles. The Hall–Kier alpha value is -0.810. The Morgan fingerprint density at radius 2 is 2.14 bits per heavy atom. The van der Waals surface area contributed by atoms with Crippen LogP contribution in [0.5, 0.6) is 0 Å². The van der Waals surface area contributed by atoms with Crippen LogP contribution in [0.2, 0.25) is 0 Å². The van der Waals surface area contributed by atoms with E-state index in [0.717, 1.165) is 25.3 Å². The summed E-state index contributed by atoms with van der Waals surface area (Å²) in [5.41, 5.74) is -0.440. The molecule has 2 N–H and O–H groups in total. The first kappa shape index (κ1) is 19.2. The molecule has 1 saturated heterocycles. The van der Waals surface area contributed by atoms with Gasteiger partial charge in [-0.3, -0.25) is 0 Å². The van der Waals surface area contributed by atoms with Crippen LogP contribution >= 0.6 is 0 Å². The van der Waals surface area contributed by atoms with Gasteiger partial charge in [0.1, 0.15) is 5.60 Å². The Kier molecular flexibility index (Phi) is 8.18. The topological polar surface area (TPSA) is 53.6 Å². The van der Waals surface area contributed by atoms with Gasteiger partial charge in [0, 0.05) is 19.1 Å². The van der Waals surface area contributed by atoms with Gasteiger partial charge in [-0.2, -0.15) is 0 Å². The summed E-state index contributed by atoms with van der Waals surface area (Å²) in [5.74, 6) is 0.722. The van der Waals surface area contributed by atoms with E-state index >= 15 is 0 Å². The third-order valence-electron chi connectivity index (χ3n) is 3.95. The highest BCUT2D eigenvalue weighted by molar-refractivity contribution is 5.67. The van der Waals surface area contributed by atoms with E-state index in [1.54, 1.807) is 0 Å². The molecule has 0 saturated carbocycles. The van der Waals surface area contributed by atoms with E-state index in [-0.39, 0.29) is 6.09 Å². The van der Waals surface area contributed by atoms with Crippen LogP contribution in [0.1, 0.15) is 53.4 Å². The molecule has 5 heteroatoms. The summed E-state index contributed by atoms with van der Waals surface area (Å²) < 4.78 is 5.29. The number of hydrogen-bond acceptors (Lipinski definition) is 4. The number of nitrogens with one attached hydrogen (secondary N) is 2. The van der Waals surface area contributed by atoms with Crippen molar-refractivity contribution in [2.24, 2.45) is 5.92 Å². The first-order valence-electron chi connectivity index (χ1n) is 8.69.